The van der Waals surface area contributed by atoms with E-state index in [1.54, 1.807) is 12.1 Å². The van der Waals surface area contributed by atoms with Gasteiger partial charge in [-0.25, -0.2) is 14.8 Å². The van der Waals surface area contributed by atoms with Crippen LogP contribution in [0.2, 0.25) is 0 Å². The minimum Gasteiger partial charge on any atom is -0.459 e. The van der Waals surface area contributed by atoms with Crippen LogP contribution < -0.4 is 5.73 Å². The second-order valence-corrected chi connectivity index (χ2v) is 6.86. The largest absolute Gasteiger partial charge is 0.459 e. The first-order valence-corrected chi connectivity index (χ1v) is 8.78. The molecule has 0 spiro atoms. The van der Waals surface area contributed by atoms with Crippen LogP contribution in [-0.4, -0.2) is 33.8 Å². The summed E-state index contributed by atoms with van der Waals surface area (Å²) in [6, 6.07) is 7.27. The van der Waals surface area contributed by atoms with Gasteiger partial charge in [0.1, 0.15) is 30.2 Å². The zero-order valence-electron chi connectivity index (χ0n) is 15.1. The average molecular weight is 368 g/mol. The lowest BCUT2D eigenvalue weighted by molar-refractivity contribution is -0.0132. The summed E-state index contributed by atoms with van der Waals surface area (Å²) in [6.07, 6.45) is 1.59. The first-order valence-electron chi connectivity index (χ1n) is 8.78. The van der Waals surface area contributed by atoms with Crippen molar-refractivity contribution in [2.75, 3.05) is 12.3 Å². The zero-order valence-corrected chi connectivity index (χ0v) is 15.1. The maximum Gasteiger partial charge on any atom is 0.338 e. The van der Waals surface area contributed by atoms with E-state index in [2.05, 4.69) is 22.0 Å². The summed E-state index contributed by atoms with van der Waals surface area (Å²) in [6.45, 7) is 4.20. The van der Waals surface area contributed by atoms with Gasteiger partial charge in [-0.05, 0) is 31.4 Å². The molecule has 3 aromatic rings. The van der Waals surface area contributed by atoms with Crippen molar-refractivity contribution in [3.63, 3.8) is 0 Å². The molecule has 0 amide bonds. The Hall–Kier alpha value is -3.00. The van der Waals surface area contributed by atoms with Gasteiger partial charge < -0.3 is 19.7 Å². The molecular weight excluding hydrogens is 348 g/mol. The van der Waals surface area contributed by atoms with E-state index >= 15 is 0 Å². The van der Waals surface area contributed by atoms with Crippen molar-refractivity contribution in [2.24, 2.45) is 5.92 Å². The maximum atomic E-state index is 12.2. The van der Waals surface area contributed by atoms with E-state index in [1.807, 2.05) is 19.1 Å². The lowest BCUT2D eigenvalue weighted by Crippen LogP contribution is -2.18. The van der Waals surface area contributed by atoms with Crippen molar-refractivity contribution in [3.8, 4) is 0 Å². The molecule has 3 atom stereocenters. The molecule has 8 nitrogen and oxygen atoms in total. The minimum absolute atomic E-state index is 0.164. The summed E-state index contributed by atoms with van der Waals surface area (Å²) < 4.78 is 16.8. The third-order valence-electron chi connectivity index (χ3n) is 4.76. The Morgan fingerprint density at radius 1 is 1.30 bits per heavy atom. The fraction of sp³-hybridized carbons (Fsp3) is 0.368. The van der Waals surface area contributed by atoms with Crippen LogP contribution in [0.4, 0.5) is 5.82 Å². The molecule has 0 radical (unpaired) electrons. The quantitative estimate of drug-likeness (QED) is 0.699. The van der Waals surface area contributed by atoms with Gasteiger partial charge in [-0.2, -0.15) is 0 Å². The van der Waals surface area contributed by atoms with Gasteiger partial charge in [0.05, 0.1) is 11.7 Å². The number of anilines is 1. The van der Waals surface area contributed by atoms with Gasteiger partial charge in [0.2, 0.25) is 5.58 Å². The third-order valence-corrected chi connectivity index (χ3v) is 4.76. The number of hydrogen-bond acceptors (Lipinski definition) is 8. The van der Waals surface area contributed by atoms with Crippen molar-refractivity contribution in [1.82, 2.24) is 15.1 Å². The van der Waals surface area contributed by atoms with E-state index in [4.69, 9.17) is 19.7 Å². The number of carbonyl (C=O) groups excluding carboxylic acids is 1. The third kappa shape index (κ3) is 3.35. The summed E-state index contributed by atoms with van der Waals surface area (Å²) in [5, 5.41) is 4.08. The number of nitrogen functional groups attached to an aromatic ring is 1. The van der Waals surface area contributed by atoms with Crippen molar-refractivity contribution >= 4 is 22.9 Å². The van der Waals surface area contributed by atoms with Crippen molar-refractivity contribution in [2.45, 2.75) is 32.5 Å². The second-order valence-electron chi connectivity index (χ2n) is 6.86. The maximum absolute atomic E-state index is 12.2. The fourth-order valence-corrected chi connectivity index (χ4v) is 3.30. The SMILES string of the molecule is Cc1ccc(C(=O)OC[C@@H]2C[C@H](C)[C@H](c3noc4c(N)ncnc34)O2)cc1. The first-order chi connectivity index (χ1) is 13.0. The average Bonchev–Trinajstić information content (AvgIpc) is 3.24. The summed E-state index contributed by atoms with van der Waals surface area (Å²) >= 11 is 0. The molecule has 1 aliphatic heterocycles. The molecule has 27 heavy (non-hydrogen) atoms. The standard InChI is InChI=1S/C19H20N4O4/c1-10-3-5-12(6-4-10)19(24)25-8-13-7-11(2)16(26-13)15-14-17(27-23-15)18(20)22-9-21-14/h3-6,9,11,13,16H,7-8H2,1-2H3,(H2,20,21,22)/t11-,13-,16+/m0/s1. The molecule has 0 unspecified atom stereocenters. The van der Waals surface area contributed by atoms with Crippen molar-refractivity contribution in [1.29, 1.82) is 0 Å². The van der Waals surface area contributed by atoms with E-state index in [-0.39, 0.29) is 36.5 Å². The van der Waals surface area contributed by atoms with E-state index in [0.717, 1.165) is 12.0 Å². The number of nitrogens with two attached hydrogens (primary N) is 1. The Morgan fingerprint density at radius 3 is 2.85 bits per heavy atom. The summed E-state index contributed by atoms with van der Waals surface area (Å²) in [7, 11) is 0. The van der Waals surface area contributed by atoms with Crippen LogP contribution in [0.5, 0.6) is 0 Å². The highest BCUT2D eigenvalue weighted by molar-refractivity contribution is 5.89. The number of benzene rings is 1. The molecule has 2 N–H and O–H groups in total. The highest BCUT2D eigenvalue weighted by atomic mass is 16.6. The molecule has 3 heterocycles. The number of fused-ring (bicyclic) bond motifs is 1. The molecule has 1 fully saturated rings. The van der Waals surface area contributed by atoms with E-state index in [1.165, 1.54) is 6.33 Å². The molecule has 4 rings (SSSR count). The van der Waals surface area contributed by atoms with E-state index in [9.17, 15) is 4.79 Å². The van der Waals surface area contributed by atoms with Gasteiger partial charge in [0.25, 0.3) is 0 Å². The Bertz CT molecular complexity index is 970. The Labute approximate surface area is 155 Å². The lowest BCUT2D eigenvalue weighted by Gasteiger charge is -2.13. The molecular formula is C19H20N4O4. The van der Waals surface area contributed by atoms with Gasteiger partial charge in [0.15, 0.2) is 5.82 Å². The molecule has 2 aromatic heterocycles. The van der Waals surface area contributed by atoms with Gasteiger partial charge >= 0.3 is 5.97 Å². The van der Waals surface area contributed by atoms with Crippen LogP contribution in [0.1, 0.15) is 41.1 Å². The van der Waals surface area contributed by atoms with Crippen LogP contribution >= 0.6 is 0 Å². The predicted molar refractivity (Wildman–Crippen MR) is 96.9 cm³/mol. The molecule has 140 valence electrons. The number of carbonyl (C=O) groups is 1. The predicted octanol–water partition coefficient (Wildman–Crippen LogP) is 2.83. The van der Waals surface area contributed by atoms with Crippen LogP contribution in [0, 0.1) is 12.8 Å². The smallest absolute Gasteiger partial charge is 0.338 e. The van der Waals surface area contributed by atoms with Crippen molar-refractivity contribution < 1.29 is 18.8 Å². The van der Waals surface area contributed by atoms with Gasteiger partial charge in [0, 0.05) is 0 Å². The number of nitrogens with zero attached hydrogens (tertiary/aromatic N) is 3. The number of hydrogen-bond donors (Lipinski definition) is 1. The molecule has 1 aliphatic rings. The monoisotopic (exact) mass is 368 g/mol. The Balaban J connectivity index is 1.43. The summed E-state index contributed by atoms with van der Waals surface area (Å²) in [4.78, 5) is 20.3. The summed E-state index contributed by atoms with van der Waals surface area (Å²) in [5.41, 5.74) is 8.92. The normalized spacial score (nSPS) is 22.2. The van der Waals surface area contributed by atoms with Gasteiger partial charge in [-0.3, -0.25) is 0 Å². The van der Waals surface area contributed by atoms with Crippen LogP contribution in [0.25, 0.3) is 11.1 Å². The Morgan fingerprint density at radius 2 is 2.07 bits per heavy atom. The highest BCUT2D eigenvalue weighted by Gasteiger charge is 2.37. The van der Waals surface area contributed by atoms with Gasteiger partial charge in [-0.15, -0.1) is 0 Å². The van der Waals surface area contributed by atoms with Crippen LogP contribution in [-0.2, 0) is 9.47 Å². The molecule has 0 saturated carbocycles. The lowest BCUT2D eigenvalue weighted by atomic mass is 9.99. The van der Waals surface area contributed by atoms with Gasteiger partial charge in [-0.1, -0.05) is 29.8 Å². The van der Waals surface area contributed by atoms with E-state index in [0.29, 0.717) is 22.4 Å². The summed E-state index contributed by atoms with van der Waals surface area (Å²) in [5.74, 6) is 0.0487. The number of rotatable bonds is 4. The van der Waals surface area contributed by atoms with Crippen LogP contribution in [0.3, 0.4) is 0 Å². The molecule has 1 aromatic carbocycles. The number of aromatic nitrogens is 3. The number of ether oxygens (including phenoxy) is 2. The molecule has 8 heteroatoms. The Kier molecular flexibility index (Phi) is 4.49. The first kappa shape index (κ1) is 17.4. The highest BCUT2D eigenvalue weighted by Crippen LogP contribution is 2.40. The minimum atomic E-state index is -0.359. The number of aryl methyl sites for hydroxylation is 1. The second kappa shape index (κ2) is 6.96. The van der Waals surface area contributed by atoms with Crippen LogP contribution in [0.15, 0.2) is 35.1 Å². The van der Waals surface area contributed by atoms with E-state index < -0.39 is 0 Å². The molecule has 0 bridgehead atoms. The zero-order chi connectivity index (χ0) is 19.0. The fourth-order valence-electron chi connectivity index (χ4n) is 3.30. The van der Waals surface area contributed by atoms with Crippen molar-refractivity contribution in [3.05, 3.63) is 47.4 Å². The number of esters is 1. The molecule has 1 saturated heterocycles. The molecule has 0 aliphatic carbocycles. The topological polar surface area (TPSA) is 113 Å².